The van der Waals surface area contributed by atoms with E-state index in [1.807, 2.05) is 38.4 Å². The lowest BCUT2D eigenvalue weighted by atomic mass is 10.1. The van der Waals surface area contributed by atoms with Gasteiger partial charge in [-0.2, -0.15) is 5.10 Å². The normalized spacial score (nSPS) is 11.1. The van der Waals surface area contributed by atoms with E-state index in [1.54, 1.807) is 24.5 Å². The van der Waals surface area contributed by atoms with Crippen molar-refractivity contribution in [3.63, 3.8) is 0 Å². The number of nitrogens with zero attached hydrogens (tertiary/aromatic N) is 5. The van der Waals surface area contributed by atoms with Crippen LogP contribution in [0.25, 0.3) is 22.6 Å². The van der Waals surface area contributed by atoms with Gasteiger partial charge in [0.25, 0.3) is 5.56 Å². The highest BCUT2D eigenvalue weighted by molar-refractivity contribution is 6.30. The molecule has 4 rings (SSSR count). The van der Waals surface area contributed by atoms with Gasteiger partial charge in [0, 0.05) is 28.8 Å². The summed E-state index contributed by atoms with van der Waals surface area (Å²) < 4.78 is 20.8. The van der Waals surface area contributed by atoms with Crippen LogP contribution in [-0.2, 0) is 6.54 Å². The van der Waals surface area contributed by atoms with Crippen LogP contribution in [0.15, 0.2) is 71.8 Å². The van der Waals surface area contributed by atoms with E-state index in [0.717, 1.165) is 24.1 Å². The first-order valence-electron chi connectivity index (χ1n) is 11.1. The van der Waals surface area contributed by atoms with Crippen LogP contribution in [0.5, 0.6) is 5.75 Å². The molecule has 0 bridgehead atoms. The molecule has 2 heterocycles. The molecule has 0 atom stereocenters. The summed E-state index contributed by atoms with van der Waals surface area (Å²) in [6.45, 7) is 1.78. The summed E-state index contributed by atoms with van der Waals surface area (Å²) in [5, 5.41) is 4.67. The van der Waals surface area contributed by atoms with Crippen LogP contribution in [0.3, 0.4) is 0 Å². The first kappa shape index (κ1) is 24.5. The van der Waals surface area contributed by atoms with Crippen molar-refractivity contribution in [3.8, 4) is 28.4 Å². The van der Waals surface area contributed by atoms with Gasteiger partial charge in [-0.1, -0.05) is 29.8 Å². The minimum atomic E-state index is -0.468. The van der Waals surface area contributed by atoms with Crippen LogP contribution in [0, 0.1) is 5.82 Å². The summed E-state index contributed by atoms with van der Waals surface area (Å²) in [4.78, 5) is 23.4. The van der Waals surface area contributed by atoms with Crippen molar-refractivity contribution >= 4 is 11.6 Å². The molecule has 0 saturated heterocycles. The van der Waals surface area contributed by atoms with Gasteiger partial charge >= 0.3 is 0 Å². The Hall–Kier alpha value is -3.62. The second kappa shape index (κ2) is 11.2. The Kier molecular flexibility index (Phi) is 7.84. The lowest BCUT2D eigenvalue weighted by molar-refractivity contribution is 0.280. The molecule has 2 aromatic carbocycles. The van der Waals surface area contributed by atoms with Gasteiger partial charge in [-0.25, -0.2) is 19.0 Å². The quantitative estimate of drug-likeness (QED) is 0.319. The molecule has 0 aliphatic carbocycles. The number of halogens is 2. The van der Waals surface area contributed by atoms with Crippen molar-refractivity contribution in [2.45, 2.75) is 13.0 Å². The first-order chi connectivity index (χ1) is 16.9. The van der Waals surface area contributed by atoms with Crippen molar-refractivity contribution < 1.29 is 9.13 Å². The van der Waals surface area contributed by atoms with Crippen LogP contribution in [0.1, 0.15) is 12.0 Å². The standard InChI is InChI=1S/C26H25ClFN5O2/c1-32(2)9-4-10-35-23-15-29-26(30-16-23)19-6-3-5-18(11-19)17-33-25(34)8-7-24(31-33)20-12-21(27)14-22(28)13-20/h3,5-8,11-16H,4,9-10,17H2,1-2H3. The highest BCUT2D eigenvalue weighted by Crippen LogP contribution is 2.23. The van der Waals surface area contributed by atoms with Crippen LogP contribution in [-0.4, -0.2) is 51.9 Å². The summed E-state index contributed by atoms with van der Waals surface area (Å²) >= 11 is 5.97. The molecule has 0 radical (unpaired) electrons. The highest BCUT2D eigenvalue weighted by atomic mass is 35.5. The number of aromatic nitrogens is 4. The third kappa shape index (κ3) is 6.71. The van der Waals surface area contributed by atoms with Crippen LogP contribution < -0.4 is 10.3 Å². The molecule has 0 spiro atoms. The van der Waals surface area contributed by atoms with E-state index < -0.39 is 5.82 Å². The van der Waals surface area contributed by atoms with Gasteiger partial charge in [0.05, 0.1) is 31.2 Å². The Balaban J connectivity index is 1.49. The molecule has 4 aromatic rings. The van der Waals surface area contributed by atoms with E-state index in [0.29, 0.717) is 29.4 Å². The molecule has 0 aliphatic heterocycles. The van der Waals surface area contributed by atoms with Gasteiger partial charge in [-0.3, -0.25) is 4.79 Å². The molecule has 0 fully saturated rings. The van der Waals surface area contributed by atoms with E-state index in [-0.39, 0.29) is 17.1 Å². The molecule has 0 unspecified atom stereocenters. The van der Waals surface area contributed by atoms with E-state index in [2.05, 4.69) is 20.0 Å². The van der Waals surface area contributed by atoms with Gasteiger partial charge < -0.3 is 9.64 Å². The van der Waals surface area contributed by atoms with E-state index >= 15 is 0 Å². The third-order valence-electron chi connectivity index (χ3n) is 5.19. The molecule has 180 valence electrons. The van der Waals surface area contributed by atoms with E-state index in [9.17, 15) is 9.18 Å². The molecule has 0 amide bonds. The van der Waals surface area contributed by atoms with Gasteiger partial charge in [0.2, 0.25) is 0 Å². The monoisotopic (exact) mass is 493 g/mol. The Morgan fingerprint density at radius 1 is 1.03 bits per heavy atom. The summed E-state index contributed by atoms with van der Waals surface area (Å²) in [5.41, 5.74) is 2.33. The predicted octanol–water partition coefficient (Wildman–Crippen LogP) is 4.54. The molecular formula is C26H25ClFN5O2. The molecule has 35 heavy (non-hydrogen) atoms. The van der Waals surface area contributed by atoms with Crippen molar-refractivity contribution in [2.75, 3.05) is 27.2 Å². The Labute approximate surface area is 207 Å². The molecule has 0 saturated carbocycles. The SMILES string of the molecule is CN(C)CCCOc1cnc(-c2cccc(Cn3nc(-c4cc(F)cc(Cl)c4)ccc3=O)c2)nc1. The Bertz CT molecular complexity index is 1340. The topological polar surface area (TPSA) is 73.1 Å². The smallest absolute Gasteiger partial charge is 0.267 e. The van der Waals surface area contributed by atoms with E-state index in [4.69, 9.17) is 16.3 Å². The summed E-state index contributed by atoms with van der Waals surface area (Å²) in [6.07, 6.45) is 4.23. The average Bonchev–Trinajstić information content (AvgIpc) is 2.83. The predicted molar refractivity (Wildman–Crippen MR) is 134 cm³/mol. The number of ether oxygens (including phenoxy) is 1. The highest BCUT2D eigenvalue weighted by Gasteiger charge is 2.09. The zero-order chi connectivity index (χ0) is 24.8. The minimum Gasteiger partial charge on any atom is -0.490 e. The van der Waals surface area contributed by atoms with Gasteiger partial charge in [0.15, 0.2) is 11.6 Å². The zero-order valence-corrected chi connectivity index (χ0v) is 20.2. The van der Waals surface area contributed by atoms with Gasteiger partial charge in [0.1, 0.15) is 5.82 Å². The largest absolute Gasteiger partial charge is 0.490 e. The Morgan fingerprint density at radius 2 is 1.83 bits per heavy atom. The number of benzene rings is 2. The second-order valence-corrected chi connectivity index (χ2v) is 8.76. The van der Waals surface area contributed by atoms with Crippen LogP contribution in [0.4, 0.5) is 4.39 Å². The Morgan fingerprint density at radius 3 is 2.57 bits per heavy atom. The number of rotatable bonds is 9. The maximum atomic E-state index is 13.8. The fourth-order valence-corrected chi connectivity index (χ4v) is 3.73. The summed E-state index contributed by atoms with van der Waals surface area (Å²) in [6, 6.07) is 14.7. The molecular weight excluding hydrogens is 469 g/mol. The third-order valence-corrected chi connectivity index (χ3v) is 5.41. The van der Waals surface area contributed by atoms with Gasteiger partial charge in [-0.05, 0) is 56.4 Å². The maximum absolute atomic E-state index is 13.8. The number of hydrogen-bond acceptors (Lipinski definition) is 6. The molecule has 0 aliphatic rings. The van der Waals surface area contributed by atoms with Crippen molar-refractivity contribution in [3.05, 3.63) is 93.7 Å². The first-order valence-corrected chi connectivity index (χ1v) is 11.5. The fraction of sp³-hybridized carbons (Fsp3) is 0.231. The van der Waals surface area contributed by atoms with Crippen molar-refractivity contribution in [1.82, 2.24) is 24.6 Å². The maximum Gasteiger partial charge on any atom is 0.267 e. The van der Waals surface area contributed by atoms with E-state index in [1.165, 1.54) is 22.9 Å². The minimum absolute atomic E-state index is 0.233. The lowest BCUT2D eigenvalue weighted by Gasteiger charge is -2.10. The fourth-order valence-electron chi connectivity index (χ4n) is 3.51. The molecule has 7 nitrogen and oxygen atoms in total. The van der Waals surface area contributed by atoms with Crippen LogP contribution >= 0.6 is 11.6 Å². The van der Waals surface area contributed by atoms with Crippen LogP contribution in [0.2, 0.25) is 5.02 Å². The van der Waals surface area contributed by atoms with Crippen molar-refractivity contribution in [2.24, 2.45) is 0 Å². The van der Waals surface area contributed by atoms with Gasteiger partial charge in [-0.15, -0.1) is 0 Å². The lowest BCUT2D eigenvalue weighted by Crippen LogP contribution is -2.22. The molecule has 0 N–H and O–H groups in total. The molecule has 2 aromatic heterocycles. The summed E-state index contributed by atoms with van der Waals surface area (Å²) in [7, 11) is 4.05. The summed E-state index contributed by atoms with van der Waals surface area (Å²) in [5.74, 6) is 0.703. The number of hydrogen-bond donors (Lipinski definition) is 0. The second-order valence-electron chi connectivity index (χ2n) is 8.32. The van der Waals surface area contributed by atoms with Crippen molar-refractivity contribution in [1.29, 1.82) is 0 Å². The molecule has 9 heteroatoms. The average molecular weight is 494 g/mol. The zero-order valence-electron chi connectivity index (χ0n) is 19.5.